The minimum Gasteiger partial charge on any atom is -0.356 e. The molecule has 0 bridgehead atoms. The summed E-state index contributed by atoms with van der Waals surface area (Å²) in [6, 6.07) is 13.1. The lowest BCUT2D eigenvalue weighted by molar-refractivity contribution is -0.121. The van der Waals surface area contributed by atoms with E-state index in [1.54, 1.807) is 18.2 Å². The van der Waals surface area contributed by atoms with Gasteiger partial charge in [-0.3, -0.25) is 9.10 Å². The number of nitrogens with zero attached hydrogens (tertiary/aromatic N) is 1. The van der Waals surface area contributed by atoms with Crippen molar-refractivity contribution in [3.05, 3.63) is 64.9 Å². The summed E-state index contributed by atoms with van der Waals surface area (Å²) in [6.45, 7) is 0.508. The molecule has 0 aliphatic heterocycles. The van der Waals surface area contributed by atoms with Crippen LogP contribution in [-0.4, -0.2) is 33.7 Å². The van der Waals surface area contributed by atoms with Crippen LogP contribution in [0.25, 0.3) is 0 Å². The van der Waals surface area contributed by atoms with E-state index in [1.807, 2.05) is 12.1 Å². The maximum atomic E-state index is 13.9. The van der Waals surface area contributed by atoms with E-state index in [0.29, 0.717) is 18.0 Å². The Morgan fingerprint density at radius 3 is 2.44 bits per heavy atom. The van der Waals surface area contributed by atoms with Gasteiger partial charge in [-0.1, -0.05) is 35.9 Å². The lowest BCUT2D eigenvalue weighted by atomic mass is 10.1. The minimum atomic E-state index is -3.64. The molecule has 0 fully saturated rings. The highest BCUT2D eigenvalue weighted by atomic mass is 35.5. The Morgan fingerprint density at radius 2 is 1.81 bits per heavy atom. The van der Waals surface area contributed by atoms with Crippen molar-refractivity contribution in [1.29, 1.82) is 0 Å². The Morgan fingerprint density at radius 1 is 1.15 bits per heavy atom. The highest BCUT2D eigenvalue weighted by molar-refractivity contribution is 7.92. The van der Waals surface area contributed by atoms with Gasteiger partial charge in [0.2, 0.25) is 15.9 Å². The molecule has 0 unspecified atom stereocenters. The Balaban J connectivity index is 1.81. The largest absolute Gasteiger partial charge is 0.356 e. The topological polar surface area (TPSA) is 66.5 Å². The third kappa shape index (κ3) is 6.84. The number of para-hydroxylation sites is 1. The number of benzene rings is 2. The van der Waals surface area contributed by atoms with Crippen LogP contribution in [0.5, 0.6) is 0 Å². The molecule has 2 aromatic rings. The first-order valence-electron chi connectivity index (χ1n) is 8.51. The quantitative estimate of drug-likeness (QED) is 0.686. The second kappa shape index (κ2) is 9.71. The van der Waals surface area contributed by atoms with E-state index in [1.165, 1.54) is 18.2 Å². The number of amides is 1. The van der Waals surface area contributed by atoms with Gasteiger partial charge in [-0.2, -0.15) is 0 Å². The lowest BCUT2D eigenvalue weighted by Crippen LogP contribution is -2.33. The summed E-state index contributed by atoms with van der Waals surface area (Å²) in [4.78, 5) is 11.9. The first kappa shape index (κ1) is 21.2. The van der Waals surface area contributed by atoms with Crippen LogP contribution < -0.4 is 9.62 Å². The monoisotopic (exact) mass is 412 g/mol. The van der Waals surface area contributed by atoms with Crippen molar-refractivity contribution in [1.82, 2.24) is 5.32 Å². The van der Waals surface area contributed by atoms with Crippen molar-refractivity contribution < 1.29 is 17.6 Å². The van der Waals surface area contributed by atoms with Crippen LogP contribution in [0.3, 0.4) is 0 Å². The minimum absolute atomic E-state index is 0.0110. The molecule has 146 valence electrons. The zero-order chi connectivity index (χ0) is 19.9. The Bertz CT molecular complexity index is 873. The number of carbonyl (C=O) groups is 1. The fourth-order valence-electron chi connectivity index (χ4n) is 2.59. The Kier molecular flexibility index (Phi) is 7.62. The van der Waals surface area contributed by atoms with E-state index in [9.17, 15) is 17.6 Å². The maximum absolute atomic E-state index is 13.9. The van der Waals surface area contributed by atoms with Gasteiger partial charge in [0.1, 0.15) is 5.82 Å². The molecule has 27 heavy (non-hydrogen) atoms. The van der Waals surface area contributed by atoms with Crippen LogP contribution in [-0.2, 0) is 21.2 Å². The van der Waals surface area contributed by atoms with E-state index >= 15 is 0 Å². The molecule has 0 aliphatic rings. The van der Waals surface area contributed by atoms with Crippen molar-refractivity contribution in [2.45, 2.75) is 19.3 Å². The molecule has 0 atom stereocenters. The molecule has 8 heteroatoms. The van der Waals surface area contributed by atoms with Crippen LogP contribution in [0.4, 0.5) is 10.1 Å². The van der Waals surface area contributed by atoms with Crippen molar-refractivity contribution in [3.8, 4) is 0 Å². The van der Waals surface area contributed by atoms with Gasteiger partial charge in [0, 0.05) is 24.5 Å². The van der Waals surface area contributed by atoms with Crippen LogP contribution in [0, 0.1) is 5.82 Å². The summed E-state index contributed by atoms with van der Waals surface area (Å²) >= 11 is 5.82. The van der Waals surface area contributed by atoms with Gasteiger partial charge in [-0.25, -0.2) is 12.8 Å². The van der Waals surface area contributed by atoms with Gasteiger partial charge in [-0.05, 0) is 42.7 Å². The zero-order valence-corrected chi connectivity index (χ0v) is 16.6. The molecule has 1 amide bonds. The van der Waals surface area contributed by atoms with Crippen molar-refractivity contribution >= 4 is 33.2 Å². The van der Waals surface area contributed by atoms with E-state index in [-0.39, 0.29) is 31.0 Å². The number of sulfonamides is 1. The molecule has 0 aromatic heterocycles. The number of anilines is 1. The molecular weight excluding hydrogens is 391 g/mol. The summed E-state index contributed by atoms with van der Waals surface area (Å²) < 4.78 is 38.8. The van der Waals surface area contributed by atoms with Gasteiger partial charge >= 0.3 is 0 Å². The first-order valence-corrected chi connectivity index (χ1v) is 10.7. The standard InChI is InChI=1S/C19H22ClFN2O3S/c1-27(25,26)23(18-6-3-2-5-17(18)21)14-4-7-19(24)22-13-12-15-8-10-16(20)11-9-15/h2-3,5-6,8-11H,4,7,12-14H2,1H3,(H,22,24). The van der Waals surface area contributed by atoms with Crippen molar-refractivity contribution in [2.24, 2.45) is 0 Å². The summed E-state index contributed by atoms with van der Waals surface area (Å²) in [5.74, 6) is -0.790. The first-order chi connectivity index (χ1) is 12.8. The molecule has 0 heterocycles. The molecule has 2 rings (SSSR count). The maximum Gasteiger partial charge on any atom is 0.232 e. The summed E-state index contributed by atoms with van der Waals surface area (Å²) in [7, 11) is -3.64. The molecule has 0 spiro atoms. The van der Waals surface area contributed by atoms with Crippen LogP contribution in [0.1, 0.15) is 18.4 Å². The average Bonchev–Trinajstić information content (AvgIpc) is 2.60. The highest BCUT2D eigenvalue weighted by Gasteiger charge is 2.20. The molecule has 0 saturated carbocycles. The SMILES string of the molecule is CS(=O)(=O)N(CCCC(=O)NCCc1ccc(Cl)cc1)c1ccccc1F. The normalized spacial score (nSPS) is 11.2. The van der Waals surface area contributed by atoms with Gasteiger partial charge in [0.25, 0.3) is 0 Å². The third-order valence-electron chi connectivity index (χ3n) is 3.94. The summed E-state index contributed by atoms with van der Waals surface area (Å²) in [5, 5.41) is 3.46. The number of halogens is 2. The number of nitrogens with one attached hydrogen (secondary N) is 1. The van der Waals surface area contributed by atoms with E-state index in [2.05, 4.69) is 5.32 Å². The van der Waals surface area contributed by atoms with Gasteiger partial charge in [0.05, 0.1) is 11.9 Å². The number of hydrogen-bond donors (Lipinski definition) is 1. The van der Waals surface area contributed by atoms with Crippen molar-refractivity contribution in [2.75, 3.05) is 23.7 Å². The highest BCUT2D eigenvalue weighted by Crippen LogP contribution is 2.21. The Labute approximate surface area is 164 Å². The second-order valence-electron chi connectivity index (χ2n) is 6.12. The number of rotatable bonds is 9. The predicted molar refractivity (Wildman–Crippen MR) is 106 cm³/mol. The van der Waals surface area contributed by atoms with Crippen LogP contribution >= 0.6 is 11.6 Å². The molecule has 0 saturated heterocycles. The summed E-state index contributed by atoms with van der Waals surface area (Å²) in [6.07, 6.45) is 2.13. The molecule has 0 radical (unpaired) electrons. The molecular formula is C19H22ClFN2O3S. The molecule has 2 aromatic carbocycles. The van der Waals surface area contributed by atoms with Gasteiger partial charge < -0.3 is 5.32 Å². The number of hydrogen-bond acceptors (Lipinski definition) is 3. The molecule has 5 nitrogen and oxygen atoms in total. The van der Waals surface area contributed by atoms with Crippen LogP contribution in [0.15, 0.2) is 48.5 Å². The third-order valence-corrected chi connectivity index (χ3v) is 5.37. The number of carbonyl (C=O) groups excluding carboxylic acids is 1. The van der Waals surface area contributed by atoms with Crippen molar-refractivity contribution in [3.63, 3.8) is 0 Å². The second-order valence-corrected chi connectivity index (χ2v) is 8.46. The predicted octanol–water partition coefficient (Wildman–Crippen LogP) is 3.38. The summed E-state index contributed by atoms with van der Waals surface area (Å²) in [5.41, 5.74) is 1.05. The van der Waals surface area contributed by atoms with Crippen LogP contribution in [0.2, 0.25) is 5.02 Å². The Hall–Kier alpha value is -2.12. The zero-order valence-electron chi connectivity index (χ0n) is 15.0. The average molecular weight is 413 g/mol. The van der Waals surface area contributed by atoms with Gasteiger partial charge in [0.15, 0.2) is 0 Å². The molecule has 0 aliphatic carbocycles. The smallest absolute Gasteiger partial charge is 0.232 e. The van der Waals surface area contributed by atoms with Gasteiger partial charge in [-0.15, -0.1) is 0 Å². The van der Waals surface area contributed by atoms with E-state index in [0.717, 1.165) is 16.1 Å². The fourth-order valence-corrected chi connectivity index (χ4v) is 3.68. The lowest BCUT2D eigenvalue weighted by Gasteiger charge is -2.22. The molecule has 1 N–H and O–H groups in total. The fraction of sp³-hybridized carbons (Fsp3) is 0.316. The van der Waals surface area contributed by atoms with E-state index in [4.69, 9.17) is 11.6 Å². The van der Waals surface area contributed by atoms with E-state index < -0.39 is 15.8 Å².